The first-order chi connectivity index (χ1) is 15.9. The number of rotatable bonds is 1. The Balaban J connectivity index is 1.76. The Morgan fingerprint density at radius 1 is 0.606 bits per heavy atom. The minimum absolute atomic E-state index is 0.193. The van der Waals surface area contributed by atoms with E-state index in [0.29, 0.717) is 0 Å². The summed E-state index contributed by atoms with van der Waals surface area (Å²) in [7, 11) is 0. The van der Waals surface area contributed by atoms with E-state index >= 15 is 0 Å². The number of benzene rings is 5. The molecule has 33 heavy (non-hydrogen) atoms. The van der Waals surface area contributed by atoms with Gasteiger partial charge in [-0.05, 0) is 121 Å². The second kappa shape index (κ2) is 7.66. The van der Waals surface area contributed by atoms with Crippen LogP contribution in [0.2, 0.25) is 0 Å². The molecule has 0 bridgehead atoms. The van der Waals surface area contributed by atoms with Gasteiger partial charge in [-0.3, -0.25) is 0 Å². The van der Waals surface area contributed by atoms with Crippen LogP contribution in [-0.4, -0.2) is 15.3 Å². The van der Waals surface area contributed by atoms with Crippen molar-refractivity contribution in [2.24, 2.45) is 0 Å². The molecule has 5 aromatic carbocycles. The topological polar surface area (TPSA) is 69.9 Å². The van der Waals surface area contributed by atoms with Gasteiger partial charge in [0, 0.05) is 17.0 Å². The van der Waals surface area contributed by atoms with Crippen molar-refractivity contribution in [2.45, 2.75) is 5.92 Å². The Morgan fingerprint density at radius 2 is 1.18 bits per heavy atom. The van der Waals surface area contributed by atoms with Crippen molar-refractivity contribution < 1.29 is 20.1 Å². The summed E-state index contributed by atoms with van der Waals surface area (Å²) in [6, 6.07) is 22.6. The Labute approximate surface area is 216 Å². The van der Waals surface area contributed by atoms with Gasteiger partial charge >= 0.3 is 0 Å². The summed E-state index contributed by atoms with van der Waals surface area (Å²) in [6.45, 7) is 0. The van der Waals surface area contributed by atoms with Gasteiger partial charge in [0.2, 0.25) is 0 Å². The van der Waals surface area contributed by atoms with Gasteiger partial charge < -0.3 is 20.1 Å². The van der Waals surface area contributed by atoms with Gasteiger partial charge in [-0.25, -0.2) is 0 Å². The van der Waals surface area contributed by atoms with Crippen molar-refractivity contribution in [1.29, 1.82) is 0 Å². The monoisotopic (exact) mass is 658 g/mol. The highest BCUT2D eigenvalue weighted by Gasteiger charge is 2.33. The van der Waals surface area contributed by atoms with Crippen LogP contribution in [0.5, 0.6) is 28.7 Å². The van der Waals surface area contributed by atoms with Crippen LogP contribution in [0.4, 0.5) is 0 Å². The molecule has 1 unspecified atom stereocenters. The van der Waals surface area contributed by atoms with Crippen molar-refractivity contribution in [3.63, 3.8) is 0 Å². The van der Waals surface area contributed by atoms with E-state index < -0.39 is 0 Å². The van der Waals surface area contributed by atoms with E-state index in [9.17, 15) is 15.3 Å². The predicted molar refractivity (Wildman–Crippen MR) is 146 cm³/mol. The number of halogens is 2. The number of fused-ring (bicyclic) bond motifs is 6. The molecule has 1 aliphatic heterocycles. The van der Waals surface area contributed by atoms with Gasteiger partial charge in [-0.1, -0.05) is 24.3 Å². The normalized spacial score (nSPS) is 14.7. The lowest BCUT2D eigenvalue weighted by atomic mass is 9.78. The third-order valence-corrected chi connectivity index (χ3v) is 7.83. The number of ether oxygens (including phenoxy) is 1. The van der Waals surface area contributed by atoms with Crippen molar-refractivity contribution in [2.75, 3.05) is 0 Å². The average Bonchev–Trinajstić information content (AvgIpc) is 2.80. The van der Waals surface area contributed by atoms with Gasteiger partial charge in [0.05, 0.1) is 7.14 Å². The summed E-state index contributed by atoms with van der Waals surface area (Å²) in [6.07, 6.45) is 0. The molecule has 6 rings (SSSR count). The molecule has 4 nitrogen and oxygen atoms in total. The highest BCUT2D eigenvalue weighted by Crippen LogP contribution is 2.53. The summed E-state index contributed by atoms with van der Waals surface area (Å²) in [5.41, 5.74) is 2.98. The average molecular weight is 658 g/mol. The molecule has 162 valence electrons. The zero-order chi connectivity index (χ0) is 22.9. The fraction of sp³-hybridized carbons (Fsp3) is 0.0370. The molecule has 1 heterocycles. The first-order valence-corrected chi connectivity index (χ1v) is 12.4. The molecule has 0 saturated heterocycles. The molecule has 0 spiro atoms. The van der Waals surface area contributed by atoms with Crippen LogP contribution in [0, 0.1) is 7.14 Å². The van der Waals surface area contributed by atoms with Crippen LogP contribution in [0.25, 0.3) is 21.5 Å². The minimum Gasteiger partial charge on any atom is -0.508 e. The van der Waals surface area contributed by atoms with Gasteiger partial charge in [0.25, 0.3) is 0 Å². The maximum atomic E-state index is 10.4. The van der Waals surface area contributed by atoms with Crippen molar-refractivity contribution in [3.05, 3.63) is 96.6 Å². The summed E-state index contributed by atoms with van der Waals surface area (Å²) < 4.78 is 7.94. The maximum absolute atomic E-state index is 10.4. The highest BCUT2D eigenvalue weighted by atomic mass is 127. The Kier molecular flexibility index (Phi) is 4.84. The van der Waals surface area contributed by atoms with Crippen LogP contribution in [0.1, 0.15) is 22.6 Å². The standard InChI is InChI=1S/C27H16I2O4/c28-20-10-15(11-21(29)27(20)32)24-25-18-6-5-16(30)9-14(18)3-8-22(25)33-23-7-2-13-1-4-17(31)12-19(13)26(23)24/h1-12,24,30-32H. The Hall–Kier alpha value is -2.72. The summed E-state index contributed by atoms with van der Waals surface area (Å²) in [4.78, 5) is 0. The lowest BCUT2D eigenvalue weighted by molar-refractivity contribution is 0.454. The third-order valence-electron chi connectivity index (χ3n) is 6.18. The van der Waals surface area contributed by atoms with Crippen LogP contribution >= 0.6 is 45.2 Å². The molecule has 0 saturated carbocycles. The fourth-order valence-corrected chi connectivity index (χ4v) is 6.57. The molecule has 0 amide bonds. The largest absolute Gasteiger partial charge is 0.508 e. The van der Waals surface area contributed by atoms with E-state index in [4.69, 9.17) is 4.74 Å². The SMILES string of the molecule is Oc1ccc2c3c(ccc2c1)Oc1ccc2ccc(O)cc2c1C3c1cc(I)c(O)c(I)c1. The maximum Gasteiger partial charge on any atom is 0.142 e. The van der Waals surface area contributed by atoms with E-state index in [1.165, 1.54) is 0 Å². The summed E-state index contributed by atoms with van der Waals surface area (Å²) in [5.74, 6) is 1.96. The molecular formula is C27H16I2O4. The molecule has 0 aliphatic carbocycles. The van der Waals surface area contributed by atoms with E-state index in [0.717, 1.165) is 56.9 Å². The number of hydrogen-bond acceptors (Lipinski definition) is 4. The zero-order valence-corrected chi connectivity index (χ0v) is 21.3. The third kappa shape index (κ3) is 3.30. The first-order valence-electron chi connectivity index (χ1n) is 10.3. The second-order valence-corrected chi connectivity index (χ2v) is 10.5. The summed E-state index contributed by atoms with van der Waals surface area (Å²) >= 11 is 4.32. The predicted octanol–water partition coefficient (Wildman–Crippen LogP) is 7.60. The number of phenols is 3. The van der Waals surface area contributed by atoms with Gasteiger partial charge in [-0.15, -0.1) is 0 Å². The van der Waals surface area contributed by atoms with Crippen LogP contribution in [-0.2, 0) is 0 Å². The molecule has 5 aromatic rings. The Morgan fingerprint density at radius 3 is 1.91 bits per heavy atom. The van der Waals surface area contributed by atoms with Crippen LogP contribution in [0.15, 0.2) is 72.8 Å². The van der Waals surface area contributed by atoms with E-state index in [2.05, 4.69) is 45.2 Å². The smallest absolute Gasteiger partial charge is 0.142 e. The van der Waals surface area contributed by atoms with Gasteiger partial charge in [0.15, 0.2) is 0 Å². The number of aromatic hydroxyl groups is 3. The fourth-order valence-electron chi connectivity index (χ4n) is 4.75. The van der Waals surface area contributed by atoms with Crippen molar-refractivity contribution in [3.8, 4) is 28.7 Å². The second-order valence-electron chi connectivity index (χ2n) is 8.13. The molecule has 3 N–H and O–H groups in total. The molecule has 1 atom stereocenters. The van der Waals surface area contributed by atoms with Crippen LogP contribution in [0.3, 0.4) is 0 Å². The van der Waals surface area contributed by atoms with E-state index in [1.54, 1.807) is 24.3 Å². The van der Waals surface area contributed by atoms with E-state index in [1.807, 2.05) is 48.5 Å². The van der Waals surface area contributed by atoms with Gasteiger partial charge in [0.1, 0.15) is 28.7 Å². The number of hydrogen-bond donors (Lipinski definition) is 3. The minimum atomic E-state index is -0.204. The van der Waals surface area contributed by atoms with Crippen LogP contribution < -0.4 is 4.74 Å². The summed E-state index contributed by atoms with van der Waals surface area (Å²) in [5, 5.41) is 34.6. The zero-order valence-electron chi connectivity index (χ0n) is 17.0. The first kappa shape index (κ1) is 20.9. The molecule has 1 aliphatic rings. The quantitative estimate of drug-likeness (QED) is 0.159. The molecule has 6 heteroatoms. The molecule has 0 radical (unpaired) electrons. The molecular weight excluding hydrogens is 642 g/mol. The molecule has 0 aromatic heterocycles. The Bertz CT molecular complexity index is 1590. The highest BCUT2D eigenvalue weighted by molar-refractivity contribution is 14.1. The van der Waals surface area contributed by atoms with Gasteiger partial charge in [-0.2, -0.15) is 0 Å². The molecule has 0 fully saturated rings. The lowest BCUT2D eigenvalue weighted by Crippen LogP contribution is -2.13. The van der Waals surface area contributed by atoms with Crippen molar-refractivity contribution >= 4 is 66.7 Å². The van der Waals surface area contributed by atoms with Crippen molar-refractivity contribution in [1.82, 2.24) is 0 Å². The van der Waals surface area contributed by atoms with E-state index in [-0.39, 0.29) is 23.2 Å². The number of phenolic OH excluding ortho intramolecular Hbond substituents is 3. The lowest BCUT2D eigenvalue weighted by Gasteiger charge is -2.31.